The van der Waals surface area contributed by atoms with Crippen molar-refractivity contribution in [1.82, 2.24) is 0 Å². The standard InChI is InChI=1S/C8H14OS/c10-5-7-4-8(7)2-1-3-9-6-8/h7,10H,1-6H2. The molecule has 1 aliphatic heterocycles. The van der Waals surface area contributed by atoms with Gasteiger partial charge in [0, 0.05) is 6.61 Å². The molecule has 0 amide bonds. The van der Waals surface area contributed by atoms with Crippen molar-refractivity contribution in [2.24, 2.45) is 11.3 Å². The topological polar surface area (TPSA) is 9.23 Å². The third-order valence-electron chi connectivity index (χ3n) is 2.93. The predicted molar refractivity (Wildman–Crippen MR) is 44.4 cm³/mol. The summed E-state index contributed by atoms with van der Waals surface area (Å²) in [5.74, 6) is 1.93. The van der Waals surface area contributed by atoms with E-state index in [0.717, 1.165) is 24.9 Å². The normalized spacial score (nSPS) is 45.9. The first kappa shape index (κ1) is 6.99. The lowest BCUT2D eigenvalue weighted by atomic mass is 9.97. The van der Waals surface area contributed by atoms with Crippen LogP contribution in [0.15, 0.2) is 0 Å². The van der Waals surface area contributed by atoms with E-state index in [0.29, 0.717) is 5.41 Å². The van der Waals surface area contributed by atoms with Crippen LogP contribution in [-0.2, 0) is 4.74 Å². The molecule has 1 spiro atoms. The number of hydrogen-bond acceptors (Lipinski definition) is 2. The molecule has 58 valence electrons. The Labute approximate surface area is 67.6 Å². The molecule has 2 heteroatoms. The number of rotatable bonds is 1. The second kappa shape index (κ2) is 2.42. The van der Waals surface area contributed by atoms with Crippen molar-refractivity contribution in [2.75, 3.05) is 19.0 Å². The van der Waals surface area contributed by atoms with Crippen LogP contribution in [0.3, 0.4) is 0 Å². The van der Waals surface area contributed by atoms with Gasteiger partial charge in [-0.1, -0.05) is 0 Å². The Balaban J connectivity index is 1.92. The van der Waals surface area contributed by atoms with Gasteiger partial charge in [-0.2, -0.15) is 12.6 Å². The molecule has 0 aromatic heterocycles. The molecule has 2 aliphatic rings. The average Bonchev–Trinajstić information content (AvgIpc) is 2.65. The fourth-order valence-corrected chi connectivity index (χ4v) is 2.56. The van der Waals surface area contributed by atoms with E-state index in [1.165, 1.54) is 19.3 Å². The number of hydrogen-bond donors (Lipinski definition) is 1. The fraction of sp³-hybridized carbons (Fsp3) is 1.00. The van der Waals surface area contributed by atoms with Gasteiger partial charge in [0.1, 0.15) is 0 Å². The summed E-state index contributed by atoms with van der Waals surface area (Å²) in [7, 11) is 0. The first-order chi connectivity index (χ1) is 4.87. The Morgan fingerprint density at radius 1 is 1.60 bits per heavy atom. The zero-order valence-corrected chi connectivity index (χ0v) is 7.07. The smallest absolute Gasteiger partial charge is 0.0525 e. The molecular weight excluding hydrogens is 144 g/mol. The zero-order chi connectivity index (χ0) is 7.03. The highest BCUT2D eigenvalue weighted by Crippen LogP contribution is 2.57. The lowest BCUT2D eigenvalue weighted by Gasteiger charge is -2.22. The maximum absolute atomic E-state index is 5.45. The van der Waals surface area contributed by atoms with Crippen LogP contribution in [0.5, 0.6) is 0 Å². The van der Waals surface area contributed by atoms with Gasteiger partial charge in [-0.05, 0) is 36.3 Å². The second-order valence-electron chi connectivity index (χ2n) is 3.60. The minimum absolute atomic E-state index is 0.597. The Hall–Kier alpha value is 0.310. The van der Waals surface area contributed by atoms with E-state index in [9.17, 15) is 0 Å². The van der Waals surface area contributed by atoms with E-state index in [-0.39, 0.29) is 0 Å². The maximum atomic E-state index is 5.45. The minimum Gasteiger partial charge on any atom is -0.381 e. The van der Waals surface area contributed by atoms with Crippen LogP contribution in [-0.4, -0.2) is 19.0 Å². The molecular formula is C8H14OS. The van der Waals surface area contributed by atoms with E-state index >= 15 is 0 Å². The van der Waals surface area contributed by atoms with Gasteiger partial charge >= 0.3 is 0 Å². The molecule has 0 aromatic carbocycles. The van der Waals surface area contributed by atoms with Crippen LogP contribution in [0.1, 0.15) is 19.3 Å². The lowest BCUT2D eigenvalue weighted by molar-refractivity contribution is 0.0378. The maximum Gasteiger partial charge on any atom is 0.0525 e. The van der Waals surface area contributed by atoms with Crippen molar-refractivity contribution in [1.29, 1.82) is 0 Å². The van der Waals surface area contributed by atoms with E-state index in [2.05, 4.69) is 12.6 Å². The quantitative estimate of drug-likeness (QED) is 0.572. The summed E-state index contributed by atoms with van der Waals surface area (Å²) in [6, 6.07) is 0. The Morgan fingerprint density at radius 2 is 2.50 bits per heavy atom. The molecule has 1 nitrogen and oxygen atoms in total. The Kier molecular flexibility index (Phi) is 1.69. The average molecular weight is 158 g/mol. The minimum atomic E-state index is 0.597. The van der Waals surface area contributed by atoms with E-state index in [4.69, 9.17) is 4.74 Å². The van der Waals surface area contributed by atoms with Crippen molar-refractivity contribution in [3.8, 4) is 0 Å². The molecule has 1 saturated carbocycles. The largest absolute Gasteiger partial charge is 0.381 e. The van der Waals surface area contributed by atoms with Crippen LogP contribution >= 0.6 is 12.6 Å². The van der Waals surface area contributed by atoms with E-state index in [1.54, 1.807) is 0 Å². The third kappa shape index (κ3) is 0.978. The zero-order valence-electron chi connectivity index (χ0n) is 6.18. The summed E-state index contributed by atoms with van der Waals surface area (Å²) in [6.07, 6.45) is 4.03. The molecule has 2 fully saturated rings. The molecule has 10 heavy (non-hydrogen) atoms. The summed E-state index contributed by atoms with van der Waals surface area (Å²) >= 11 is 4.31. The predicted octanol–water partition coefficient (Wildman–Crippen LogP) is 1.73. The fourth-order valence-electron chi connectivity index (χ4n) is 2.05. The molecule has 1 aliphatic carbocycles. The number of ether oxygens (including phenoxy) is 1. The summed E-state index contributed by atoms with van der Waals surface area (Å²) in [5, 5.41) is 0. The van der Waals surface area contributed by atoms with Crippen LogP contribution < -0.4 is 0 Å². The van der Waals surface area contributed by atoms with Crippen LogP contribution in [0.25, 0.3) is 0 Å². The van der Waals surface area contributed by atoms with Gasteiger partial charge in [0.2, 0.25) is 0 Å². The Bertz CT molecular complexity index is 129. The van der Waals surface area contributed by atoms with E-state index in [1.807, 2.05) is 0 Å². The summed E-state index contributed by atoms with van der Waals surface area (Å²) in [6.45, 7) is 2.00. The highest BCUT2D eigenvalue weighted by Gasteiger charge is 2.53. The third-order valence-corrected chi connectivity index (χ3v) is 3.37. The SMILES string of the molecule is SCC1CC12CCCOC2. The summed E-state index contributed by atoms with van der Waals surface area (Å²) < 4.78 is 5.45. The molecule has 2 unspecified atom stereocenters. The molecule has 0 bridgehead atoms. The molecule has 2 rings (SSSR count). The Morgan fingerprint density at radius 3 is 3.00 bits per heavy atom. The first-order valence-electron chi connectivity index (χ1n) is 4.06. The summed E-state index contributed by atoms with van der Waals surface area (Å²) in [5.41, 5.74) is 0.597. The second-order valence-corrected chi connectivity index (χ2v) is 3.97. The van der Waals surface area contributed by atoms with Crippen LogP contribution in [0, 0.1) is 11.3 Å². The molecule has 2 atom stereocenters. The molecule has 0 aromatic rings. The van der Waals surface area contributed by atoms with Gasteiger partial charge in [0.15, 0.2) is 0 Å². The van der Waals surface area contributed by atoms with Gasteiger partial charge in [0.05, 0.1) is 6.61 Å². The summed E-state index contributed by atoms with van der Waals surface area (Å²) in [4.78, 5) is 0. The molecule has 1 heterocycles. The van der Waals surface area contributed by atoms with Gasteiger partial charge in [-0.15, -0.1) is 0 Å². The van der Waals surface area contributed by atoms with Crippen molar-refractivity contribution >= 4 is 12.6 Å². The van der Waals surface area contributed by atoms with Crippen molar-refractivity contribution in [3.63, 3.8) is 0 Å². The van der Waals surface area contributed by atoms with E-state index < -0.39 is 0 Å². The highest BCUT2D eigenvalue weighted by molar-refractivity contribution is 7.80. The van der Waals surface area contributed by atoms with Crippen molar-refractivity contribution < 1.29 is 4.74 Å². The van der Waals surface area contributed by atoms with Gasteiger partial charge in [-0.3, -0.25) is 0 Å². The van der Waals surface area contributed by atoms with Gasteiger partial charge < -0.3 is 4.74 Å². The molecule has 0 N–H and O–H groups in total. The van der Waals surface area contributed by atoms with Crippen molar-refractivity contribution in [3.05, 3.63) is 0 Å². The monoisotopic (exact) mass is 158 g/mol. The number of thiol groups is 1. The van der Waals surface area contributed by atoms with Crippen molar-refractivity contribution in [2.45, 2.75) is 19.3 Å². The molecule has 1 saturated heterocycles. The molecule has 0 radical (unpaired) electrons. The highest BCUT2D eigenvalue weighted by atomic mass is 32.1. The van der Waals surface area contributed by atoms with Crippen LogP contribution in [0.2, 0.25) is 0 Å². The van der Waals surface area contributed by atoms with Crippen LogP contribution in [0.4, 0.5) is 0 Å². The van der Waals surface area contributed by atoms with Gasteiger partial charge in [-0.25, -0.2) is 0 Å². The van der Waals surface area contributed by atoms with Gasteiger partial charge in [0.25, 0.3) is 0 Å². The lowest BCUT2D eigenvalue weighted by Crippen LogP contribution is -2.20. The first-order valence-corrected chi connectivity index (χ1v) is 4.69.